The van der Waals surface area contributed by atoms with Gasteiger partial charge in [-0.05, 0) is 49.4 Å². The van der Waals surface area contributed by atoms with Gasteiger partial charge in [-0.2, -0.15) is 0 Å². The lowest BCUT2D eigenvalue weighted by atomic mass is 10.2. The first kappa shape index (κ1) is 19.5. The van der Waals surface area contributed by atoms with Gasteiger partial charge in [0.05, 0.1) is 11.4 Å². The quantitative estimate of drug-likeness (QED) is 0.555. The fraction of sp³-hybridized carbons (Fsp3) is 0.238. The summed E-state index contributed by atoms with van der Waals surface area (Å²) in [6.07, 6.45) is 0. The Morgan fingerprint density at radius 2 is 1.89 bits per heavy atom. The van der Waals surface area contributed by atoms with Crippen molar-refractivity contribution >= 4 is 39.7 Å². The number of rotatable bonds is 6. The summed E-state index contributed by atoms with van der Waals surface area (Å²) in [5.41, 5.74) is 4.10. The van der Waals surface area contributed by atoms with Crippen molar-refractivity contribution in [1.29, 1.82) is 0 Å². The monoisotopic (exact) mass is 399 g/mol. The zero-order valence-corrected chi connectivity index (χ0v) is 17.2. The van der Waals surface area contributed by atoms with Crippen LogP contribution < -0.4 is 4.90 Å². The number of anilines is 2. The second-order valence-electron chi connectivity index (χ2n) is 6.61. The van der Waals surface area contributed by atoms with Gasteiger partial charge in [-0.25, -0.2) is 4.98 Å². The lowest BCUT2D eigenvalue weighted by molar-refractivity contribution is -0.115. The summed E-state index contributed by atoms with van der Waals surface area (Å²) in [4.78, 5) is 20.8. The van der Waals surface area contributed by atoms with Crippen LogP contribution in [0.1, 0.15) is 23.7 Å². The molecule has 0 N–H and O–H groups in total. The summed E-state index contributed by atoms with van der Waals surface area (Å²) in [5, 5.41) is 3.45. The molecule has 0 bridgehead atoms. The maximum Gasteiger partial charge on any atom is 0.230 e. The van der Waals surface area contributed by atoms with Gasteiger partial charge in [-0.15, -0.1) is 11.3 Å². The van der Waals surface area contributed by atoms with Gasteiger partial charge in [0.25, 0.3) is 0 Å². The molecule has 0 aliphatic heterocycles. The van der Waals surface area contributed by atoms with Crippen LogP contribution in [0.3, 0.4) is 0 Å². The average molecular weight is 400 g/mol. The maximum atomic E-state index is 12.2. The topological polar surface area (TPSA) is 36.4 Å². The van der Waals surface area contributed by atoms with Crippen molar-refractivity contribution < 1.29 is 4.79 Å². The van der Waals surface area contributed by atoms with E-state index in [1.807, 2.05) is 60.8 Å². The molecular formula is C21H22ClN3OS. The van der Waals surface area contributed by atoms with Crippen LogP contribution >= 0.6 is 22.9 Å². The van der Waals surface area contributed by atoms with Crippen LogP contribution in [0.2, 0.25) is 5.02 Å². The van der Waals surface area contributed by atoms with E-state index in [0.717, 1.165) is 28.5 Å². The van der Waals surface area contributed by atoms with Gasteiger partial charge in [-0.1, -0.05) is 35.9 Å². The first-order valence-electron chi connectivity index (χ1n) is 8.67. The van der Waals surface area contributed by atoms with Crippen LogP contribution in [0, 0.1) is 6.92 Å². The number of nitrogens with zero attached hydrogens (tertiary/aromatic N) is 3. The van der Waals surface area contributed by atoms with E-state index in [0.29, 0.717) is 11.7 Å². The smallest absolute Gasteiger partial charge is 0.230 e. The highest BCUT2D eigenvalue weighted by Crippen LogP contribution is 2.29. The number of carbonyl (C=O) groups excluding carboxylic acids is 1. The van der Waals surface area contributed by atoms with Crippen molar-refractivity contribution in [3.8, 4) is 0 Å². The Labute approximate surface area is 169 Å². The minimum Gasteiger partial charge on any atom is -0.296 e. The van der Waals surface area contributed by atoms with Gasteiger partial charge in [-0.3, -0.25) is 14.6 Å². The van der Waals surface area contributed by atoms with Crippen LogP contribution in [0.5, 0.6) is 0 Å². The molecule has 0 fully saturated rings. The van der Waals surface area contributed by atoms with Crippen molar-refractivity contribution in [3.63, 3.8) is 0 Å². The summed E-state index contributed by atoms with van der Waals surface area (Å²) in [7, 11) is 2.05. The lowest BCUT2D eigenvalue weighted by Crippen LogP contribution is -2.23. The molecule has 1 heterocycles. The van der Waals surface area contributed by atoms with Crippen molar-refractivity contribution in [2.75, 3.05) is 11.9 Å². The minimum absolute atomic E-state index is 0.0454. The molecule has 0 spiro atoms. The molecule has 0 aliphatic rings. The average Bonchev–Trinajstić information content (AvgIpc) is 3.04. The fourth-order valence-corrected chi connectivity index (χ4v) is 3.90. The first-order chi connectivity index (χ1) is 12.9. The molecule has 2 aromatic carbocycles. The Kier molecular flexibility index (Phi) is 6.26. The van der Waals surface area contributed by atoms with Gasteiger partial charge < -0.3 is 0 Å². The molecule has 0 unspecified atom stereocenters. The Bertz CT molecular complexity index is 923. The lowest BCUT2D eigenvalue weighted by Gasteiger charge is -2.19. The highest BCUT2D eigenvalue weighted by molar-refractivity contribution is 7.14. The number of aromatic nitrogens is 1. The van der Waals surface area contributed by atoms with Crippen LogP contribution in [-0.4, -0.2) is 22.8 Å². The van der Waals surface area contributed by atoms with Gasteiger partial charge in [0, 0.05) is 30.4 Å². The number of hydrogen-bond donors (Lipinski definition) is 0. The van der Waals surface area contributed by atoms with E-state index in [2.05, 4.69) is 11.9 Å². The predicted octanol–water partition coefficient (Wildman–Crippen LogP) is 5.42. The fourth-order valence-electron chi connectivity index (χ4n) is 2.90. The Balaban J connectivity index is 1.72. The van der Waals surface area contributed by atoms with Gasteiger partial charge in [0.1, 0.15) is 0 Å². The molecule has 0 atom stereocenters. The van der Waals surface area contributed by atoms with Crippen molar-refractivity contribution in [1.82, 2.24) is 9.88 Å². The summed E-state index contributed by atoms with van der Waals surface area (Å²) in [6, 6.07) is 15.8. The molecule has 0 radical (unpaired) electrons. The molecule has 1 aromatic heterocycles. The van der Waals surface area contributed by atoms with Crippen LogP contribution in [0.15, 0.2) is 53.9 Å². The number of amides is 1. The second kappa shape index (κ2) is 8.65. The molecule has 140 valence electrons. The molecule has 0 aliphatic carbocycles. The SMILES string of the molecule is CC(=O)N(c1cccc(C)c1)c1nc(CN(C)Cc2ccc(Cl)cc2)cs1. The molecule has 3 rings (SSSR count). The van der Waals surface area contributed by atoms with Crippen molar-refractivity contribution in [3.05, 3.63) is 75.8 Å². The first-order valence-corrected chi connectivity index (χ1v) is 9.93. The third kappa shape index (κ3) is 5.16. The Morgan fingerprint density at radius 1 is 1.15 bits per heavy atom. The third-order valence-electron chi connectivity index (χ3n) is 4.10. The predicted molar refractivity (Wildman–Crippen MR) is 113 cm³/mol. The Hall–Kier alpha value is -2.21. The molecule has 3 aromatic rings. The third-order valence-corrected chi connectivity index (χ3v) is 5.23. The van der Waals surface area contributed by atoms with Crippen LogP contribution in [0.25, 0.3) is 0 Å². The highest BCUT2D eigenvalue weighted by Gasteiger charge is 2.18. The molecule has 0 saturated carbocycles. The minimum atomic E-state index is -0.0454. The maximum absolute atomic E-state index is 12.2. The number of thiazole rings is 1. The van der Waals surface area contributed by atoms with Crippen LogP contribution in [0.4, 0.5) is 10.8 Å². The normalized spacial score (nSPS) is 11.0. The molecule has 6 heteroatoms. The number of hydrogen-bond acceptors (Lipinski definition) is 4. The number of aryl methyl sites for hydroxylation is 1. The van der Waals surface area contributed by atoms with E-state index in [1.54, 1.807) is 11.8 Å². The molecular weight excluding hydrogens is 378 g/mol. The van der Waals surface area contributed by atoms with E-state index < -0.39 is 0 Å². The van der Waals surface area contributed by atoms with E-state index >= 15 is 0 Å². The molecule has 1 amide bonds. The number of carbonyl (C=O) groups is 1. The standard InChI is InChI=1S/C21H22ClN3OS/c1-15-5-4-6-20(11-15)25(16(2)26)21-23-19(14-27-21)13-24(3)12-17-7-9-18(22)10-8-17/h4-11,14H,12-13H2,1-3H3. The Morgan fingerprint density at radius 3 is 2.56 bits per heavy atom. The molecule has 27 heavy (non-hydrogen) atoms. The second-order valence-corrected chi connectivity index (χ2v) is 7.89. The van der Waals surface area contributed by atoms with Gasteiger partial charge >= 0.3 is 0 Å². The van der Waals surface area contributed by atoms with E-state index in [4.69, 9.17) is 16.6 Å². The van der Waals surface area contributed by atoms with E-state index in [-0.39, 0.29) is 5.91 Å². The number of halogens is 1. The van der Waals surface area contributed by atoms with Gasteiger partial charge in [0.15, 0.2) is 5.13 Å². The van der Waals surface area contributed by atoms with Crippen LogP contribution in [-0.2, 0) is 17.9 Å². The van der Waals surface area contributed by atoms with E-state index in [9.17, 15) is 4.79 Å². The highest BCUT2D eigenvalue weighted by atomic mass is 35.5. The van der Waals surface area contributed by atoms with Crippen molar-refractivity contribution in [2.24, 2.45) is 0 Å². The summed E-state index contributed by atoms with van der Waals surface area (Å²) < 4.78 is 0. The molecule has 0 saturated heterocycles. The van der Waals surface area contributed by atoms with Crippen molar-refractivity contribution in [2.45, 2.75) is 26.9 Å². The molecule has 4 nitrogen and oxygen atoms in total. The summed E-state index contributed by atoms with van der Waals surface area (Å²) in [6.45, 7) is 5.09. The zero-order chi connectivity index (χ0) is 19.4. The van der Waals surface area contributed by atoms with Gasteiger partial charge in [0.2, 0.25) is 5.91 Å². The summed E-state index contributed by atoms with van der Waals surface area (Å²) in [5.74, 6) is -0.0454. The summed E-state index contributed by atoms with van der Waals surface area (Å²) >= 11 is 7.43. The zero-order valence-electron chi connectivity index (χ0n) is 15.6. The number of benzene rings is 2. The van der Waals surface area contributed by atoms with E-state index in [1.165, 1.54) is 16.9 Å². The largest absolute Gasteiger partial charge is 0.296 e.